The van der Waals surface area contributed by atoms with Gasteiger partial charge >= 0.3 is 11.8 Å². The predicted octanol–water partition coefficient (Wildman–Crippen LogP) is 9.52. The van der Waals surface area contributed by atoms with Gasteiger partial charge in [-0.2, -0.15) is 0 Å². The number of phenolic OH excluding ortho intramolecular Hbond substituents is 3. The lowest BCUT2D eigenvalue weighted by atomic mass is 9.78. The zero-order valence-electron chi connectivity index (χ0n) is 41.8. The zero-order valence-corrected chi connectivity index (χ0v) is 41.8. The van der Waals surface area contributed by atoms with E-state index in [1.165, 1.54) is 64.4 Å². The van der Waals surface area contributed by atoms with Gasteiger partial charge in [-0.3, -0.25) is 14.4 Å². The average molecular weight is 945 g/mol. The van der Waals surface area contributed by atoms with Crippen LogP contribution in [0.1, 0.15) is 123 Å². The smallest absolute Gasteiger partial charge is 0.312 e. The third-order valence-electron chi connectivity index (χ3n) is 12.9. The molecule has 3 heterocycles. The number of aliphatic hydroxyl groups is 2. The molecule has 0 fully saturated rings. The number of aliphatic hydroxyl groups excluding tert-OH is 2. The van der Waals surface area contributed by atoms with Crippen LogP contribution in [0.5, 0.6) is 23.0 Å². The Labute approximate surface area is 400 Å². The van der Waals surface area contributed by atoms with E-state index in [0.29, 0.717) is 0 Å². The van der Waals surface area contributed by atoms with Crippen molar-refractivity contribution in [1.29, 1.82) is 0 Å². The lowest BCUT2D eigenvalue weighted by molar-refractivity contribution is -0.160. The lowest BCUT2D eigenvalue weighted by Crippen LogP contribution is -2.46. The Kier molecular flexibility index (Phi) is 19.2. The van der Waals surface area contributed by atoms with Crippen molar-refractivity contribution in [3.05, 3.63) is 87.8 Å². The number of ketones is 1. The Morgan fingerprint density at radius 1 is 0.853 bits per heavy atom. The number of amides is 1. The molecule has 0 unspecified atom stereocenters. The van der Waals surface area contributed by atoms with Gasteiger partial charge in [0.1, 0.15) is 30.0 Å². The minimum atomic E-state index is -2.08. The summed E-state index contributed by atoms with van der Waals surface area (Å²) in [6.07, 6.45) is 14.5. The van der Waals surface area contributed by atoms with Crippen LogP contribution < -0.4 is 10.1 Å². The summed E-state index contributed by atoms with van der Waals surface area (Å²) >= 11 is 0. The van der Waals surface area contributed by atoms with E-state index in [2.05, 4.69) is 43.4 Å². The molecule has 2 aromatic carbocycles. The minimum Gasteiger partial charge on any atom is -0.507 e. The number of hydrogen-bond acceptors (Lipinski definition) is 14. The molecule has 0 aromatic heterocycles. The summed E-state index contributed by atoms with van der Waals surface area (Å²) in [5.74, 6) is -8.72. The molecule has 3 aliphatic rings. The Hall–Kier alpha value is -5.90. The number of rotatable bonds is 12. The van der Waals surface area contributed by atoms with Crippen molar-refractivity contribution in [2.45, 2.75) is 139 Å². The maximum Gasteiger partial charge on any atom is 0.312 e. The van der Waals surface area contributed by atoms with Crippen molar-refractivity contribution in [3.63, 3.8) is 0 Å². The van der Waals surface area contributed by atoms with Crippen molar-refractivity contribution in [2.75, 3.05) is 19.0 Å². The van der Waals surface area contributed by atoms with Gasteiger partial charge in [-0.15, -0.1) is 0 Å². The van der Waals surface area contributed by atoms with Crippen LogP contribution in [0.2, 0.25) is 0 Å². The molecule has 0 spiro atoms. The van der Waals surface area contributed by atoms with Gasteiger partial charge in [-0.25, -0.2) is 0 Å². The Morgan fingerprint density at radius 3 is 2.13 bits per heavy atom. The predicted molar refractivity (Wildman–Crippen MR) is 263 cm³/mol. The Balaban J connectivity index is 1.83. The van der Waals surface area contributed by atoms with E-state index in [1.807, 2.05) is 13.0 Å². The highest BCUT2D eigenvalue weighted by Gasteiger charge is 2.50. The van der Waals surface area contributed by atoms with Crippen molar-refractivity contribution in [3.8, 4) is 23.0 Å². The molecule has 9 atom stereocenters. The van der Waals surface area contributed by atoms with Crippen LogP contribution in [0.25, 0.3) is 10.8 Å². The number of esters is 1. The second-order valence-corrected chi connectivity index (χ2v) is 18.6. The number of Topliss-reactive ketones (excluding diaryl/α,β-unsaturated/α-hetero) is 1. The topological polar surface area (TPSA) is 223 Å². The van der Waals surface area contributed by atoms with Crippen LogP contribution in [0.15, 0.2) is 76.2 Å². The van der Waals surface area contributed by atoms with E-state index in [4.69, 9.17) is 23.8 Å². The van der Waals surface area contributed by atoms with Crippen LogP contribution in [0.3, 0.4) is 0 Å². The van der Waals surface area contributed by atoms with Gasteiger partial charge in [0.2, 0.25) is 0 Å². The largest absolute Gasteiger partial charge is 0.507 e. The third kappa shape index (κ3) is 12.8. The van der Waals surface area contributed by atoms with E-state index in [0.717, 1.165) is 37.5 Å². The highest BCUT2D eigenvalue weighted by molar-refractivity contribution is 6.23. The fourth-order valence-electron chi connectivity index (χ4n) is 8.52. The second-order valence-electron chi connectivity index (χ2n) is 18.6. The monoisotopic (exact) mass is 945 g/mol. The number of anilines is 1. The fourth-order valence-corrected chi connectivity index (χ4v) is 8.52. The molecule has 0 saturated heterocycles. The van der Waals surface area contributed by atoms with E-state index in [9.17, 15) is 39.9 Å². The van der Waals surface area contributed by atoms with E-state index >= 15 is 0 Å². The van der Waals surface area contributed by atoms with Crippen LogP contribution in [0.4, 0.5) is 5.69 Å². The number of methoxy groups -OCH3 is 1. The molecule has 1 amide bonds. The van der Waals surface area contributed by atoms with E-state index in [-0.39, 0.29) is 51.1 Å². The number of benzene rings is 2. The quantitative estimate of drug-likeness (QED) is 0.0222. The summed E-state index contributed by atoms with van der Waals surface area (Å²) in [5.41, 5.74) is 3.04. The number of carbonyl (C=O) groups excluding carboxylic acids is 3. The zero-order chi connectivity index (χ0) is 50.8. The molecule has 15 heteroatoms. The molecule has 3 aliphatic heterocycles. The fraction of sp³-hybridized carbons (Fsp3) is 0.509. The summed E-state index contributed by atoms with van der Waals surface area (Å²) in [5, 5.41) is 64.7. The Morgan fingerprint density at radius 2 is 1.50 bits per heavy atom. The molecular formula is C53H72N2O13. The number of hydrogen-bond donors (Lipinski definition) is 6. The van der Waals surface area contributed by atoms with Gasteiger partial charge in [0.15, 0.2) is 5.75 Å². The maximum absolute atomic E-state index is 14.5. The van der Waals surface area contributed by atoms with Gasteiger partial charge in [-0.05, 0) is 79.4 Å². The molecule has 372 valence electrons. The molecule has 0 saturated carbocycles. The number of fused-ring (bicyclic) bond motifs is 14. The summed E-state index contributed by atoms with van der Waals surface area (Å²) in [6.45, 7) is 20.8. The SMILES string of the molecule is CO[C@H]1/C=C/O[C@@]2(C)Oc3c(C)c(O)c4c(O)c(c(/C=N/OC/C=C(\C)CC/C=C(\C)CCC=C(C)C)c(O)c4c3C2=O)NC(=O)/C(C)=C\C=C\[C@H](C)[C@H](O)[C@@H](C)[C@@H](O)[C@@H](C)[C@H](OC(C)=O)[C@@H]1C. The van der Waals surface area contributed by atoms with Crippen LogP contribution in [0, 0.1) is 30.6 Å². The molecule has 5 bridgehead atoms. The van der Waals surface area contributed by atoms with Crippen molar-refractivity contribution in [2.24, 2.45) is 28.8 Å². The number of nitrogens with one attached hydrogen (secondary N) is 1. The molecule has 6 N–H and O–H groups in total. The van der Waals surface area contributed by atoms with Gasteiger partial charge < -0.3 is 54.6 Å². The maximum atomic E-state index is 14.5. The summed E-state index contributed by atoms with van der Waals surface area (Å²) in [6, 6.07) is 0. The third-order valence-corrected chi connectivity index (χ3v) is 12.9. The van der Waals surface area contributed by atoms with E-state index in [1.54, 1.807) is 39.8 Å². The normalized spacial score (nSPS) is 28.1. The van der Waals surface area contributed by atoms with Gasteiger partial charge in [0.05, 0.1) is 53.0 Å². The van der Waals surface area contributed by atoms with E-state index < -0.39 is 88.8 Å². The molecule has 0 aliphatic carbocycles. The van der Waals surface area contributed by atoms with Crippen LogP contribution in [-0.2, 0) is 28.6 Å². The first-order valence-electron chi connectivity index (χ1n) is 23.1. The number of nitrogens with zero attached hydrogens (tertiary/aromatic N) is 1. The number of oxime groups is 1. The summed E-state index contributed by atoms with van der Waals surface area (Å²) in [4.78, 5) is 46.3. The lowest BCUT2D eigenvalue weighted by Gasteiger charge is -2.38. The number of carbonyl (C=O) groups is 3. The standard InChI is InChI=1S/C53H72N2O13/c1-28(2)17-14-18-29(3)19-15-20-30(4)23-26-66-54-27-38-43-48(61)41-40(47(38)60)42-50(36(10)46(41)59)68-53(12,51(42)62)65-25-24-39(64-13)33(7)49(67-37(11)56)35(9)45(58)34(8)44(57)31(5)21-16-22-32(6)52(63)55-43/h16-17,19,21-25,27,31,33-35,39,44-45,49,57-61H,14-15,18,20,26H2,1-13H3,(H,55,63)/b21-16+,25-24+,29-19+,30-23+,32-22-,54-27+/t31-,33+,34+,35+,39-,44-,45+,49+,53-/m0/s1. The van der Waals surface area contributed by atoms with Crippen molar-refractivity contribution in [1.82, 2.24) is 0 Å². The van der Waals surface area contributed by atoms with Crippen LogP contribution in [-0.4, -0.2) is 93.3 Å². The number of allylic oxidation sites excluding steroid dienone is 7. The molecular weight excluding hydrogens is 873 g/mol. The number of aromatic hydroxyl groups is 3. The van der Waals surface area contributed by atoms with Gasteiger partial charge in [0, 0.05) is 61.2 Å². The first-order valence-corrected chi connectivity index (χ1v) is 23.1. The van der Waals surface area contributed by atoms with Gasteiger partial charge in [0.25, 0.3) is 11.7 Å². The molecule has 5 rings (SSSR count). The number of phenols is 3. The summed E-state index contributed by atoms with van der Waals surface area (Å²) in [7, 11) is 1.43. The first kappa shape index (κ1) is 54.7. The van der Waals surface area contributed by atoms with Crippen LogP contribution >= 0.6 is 0 Å². The van der Waals surface area contributed by atoms with Gasteiger partial charge in [-0.1, -0.05) is 80.0 Å². The molecule has 15 nitrogen and oxygen atoms in total. The van der Waals surface area contributed by atoms with Crippen molar-refractivity contribution < 1.29 is 63.7 Å². The summed E-state index contributed by atoms with van der Waals surface area (Å²) < 4.78 is 23.7. The molecule has 68 heavy (non-hydrogen) atoms. The first-order chi connectivity index (χ1) is 32.0. The highest BCUT2D eigenvalue weighted by Crippen LogP contribution is 2.55. The average Bonchev–Trinajstić information content (AvgIpc) is 3.55. The highest BCUT2D eigenvalue weighted by atomic mass is 16.7. The van der Waals surface area contributed by atoms with Crippen molar-refractivity contribution >= 4 is 40.3 Å². The second kappa shape index (κ2) is 23.9. The number of ether oxygens (including phenoxy) is 4. The minimum absolute atomic E-state index is 0.0304. The Bertz CT molecular complexity index is 2410. The molecule has 0 radical (unpaired) electrons. The molecule has 2 aromatic rings.